The molecule has 0 saturated carbocycles. The fourth-order valence-corrected chi connectivity index (χ4v) is 4.57. The Hall–Kier alpha value is -2.31. The van der Waals surface area contributed by atoms with Crippen molar-refractivity contribution < 1.29 is 0 Å². The molecule has 0 aliphatic rings. The second-order valence-corrected chi connectivity index (χ2v) is 8.21. The molecule has 3 heterocycles. The van der Waals surface area contributed by atoms with Gasteiger partial charge in [0.2, 0.25) is 0 Å². The van der Waals surface area contributed by atoms with Crippen LogP contribution in [0.3, 0.4) is 0 Å². The molecule has 0 unspecified atom stereocenters. The fourth-order valence-electron chi connectivity index (χ4n) is 2.77. The number of thiazole rings is 1. The van der Waals surface area contributed by atoms with Crippen LogP contribution in [0.25, 0.3) is 20.8 Å². The third kappa shape index (κ3) is 2.92. The van der Waals surface area contributed by atoms with Crippen molar-refractivity contribution in [3.8, 4) is 10.6 Å². The van der Waals surface area contributed by atoms with Gasteiger partial charge in [-0.15, -0.1) is 22.7 Å². The number of hydrogen-bond donors (Lipinski definition) is 0. The molecule has 4 nitrogen and oxygen atoms in total. The van der Waals surface area contributed by atoms with E-state index in [-0.39, 0.29) is 5.56 Å². The molecule has 0 amide bonds. The highest BCUT2D eigenvalue weighted by molar-refractivity contribution is 7.18. The van der Waals surface area contributed by atoms with E-state index in [0.29, 0.717) is 6.54 Å². The molecule has 0 N–H and O–H groups in total. The minimum Gasteiger partial charge on any atom is -0.293 e. The highest BCUT2D eigenvalue weighted by atomic mass is 32.1. The van der Waals surface area contributed by atoms with Gasteiger partial charge in [0, 0.05) is 15.8 Å². The number of aromatic nitrogens is 3. The van der Waals surface area contributed by atoms with Crippen molar-refractivity contribution in [3.05, 3.63) is 68.0 Å². The molecular weight excluding hydrogens is 350 g/mol. The van der Waals surface area contributed by atoms with Crippen LogP contribution < -0.4 is 5.56 Å². The molecule has 0 fully saturated rings. The average Bonchev–Trinajstić information content (AvgIpc) is 3.17. The topological polar surface area (TPSA) is 47.8 Å². The highest BCUT2D eigenvalue weighted by Crippen LogP contribution is 2.26. The summed E-state index contributed by atoms with van der Waals surface area (Å²) in [5, 5.41) is 3.72. The number of thiophene rings is 1. The van der Waals surface area contributed by atoms with Crippen molar-refractivity contribution in [2.24, 2.45) is 0 Å². The minimum absolute atomic E-state index is 0.0109. The number of nitrogens with zero attached hydrogens (tertiary/aromatic N) is 3. The Balaban J connectivity index is 1.68. The Morgan fingerprint density at radius 1 is 1.12 bits per heavy atom. The molecule has 0 spiro atoms. The normalized spacial score (nSPS) is 11.3. The Bertz CT molecular complexity index is 1120. The van der Waals surface area contributed by atoms with Crippen molar-refractivity contribution in [2.45, 2.75) is 27.3 Å². The number of rotatable bonds is 3. The van der Waals surface area contributed by atoms with E-state index >= 15 is 0 Å². The SMILES string of the molecule is Cc1ccc(-c2nc(Cn3cnc4sc(C)c(C)c4c3=O)cs2)cc1. The van der Waals surface area contributed by atoms with Crippen LogP contribution in [0.5, 0.6) is 0 Å². The molecular formula is C19H17N3OS2. The zero-order valence-electron chi connectivity index (χ0n) is 14.2. The quantitative estimate of drug-likeness (QED) is 0.533. The molecule has 0 radical (unpaired) electrons. The van der Waals surface area contributed by atoms with Gasteiger partial charge in [0.05, 0.1) is 24.0 Å². The molecule has 0 aliphatic heterocycles. The summed E-state index contributed by atoms with van der Waals surface area (Å²) in [6.07, 6.45) is 1.63. The number of aryl methyl sites for hydroxylation is 3. The van der Waals surface area contributed by atoms with Gasteiger partial charge >= 0.3 is 0 Å². The van der Waals surface area contributed by atoms with Crippen molar-refractivity contribution >= 4 is 32.9 Å². The van der Waals surface area contributed by atoms with E-state index in [9.17, 15) is 4.79 Å². The first-order valence-electron chi connectivity index (χ1n) is 7.99. The van der Waals surface area contributed by atoms with E-state index in [2.05, 4.69) is 41.2 Å². The second-order valence-electron chi connectivity index (χ2n) is 6.15. The first-order chi connectivity index (χ1) is 12.0. The molecule has 3 aromatic heterocycles. The molecule has 6 heteroatoms. The summed E-state index contributed by atoms with van der Waals surface area (Å²) < 4.78 is 1.65. The Kier molecular flexibility index (Phi) is 4.01. The minimum atomic E-state index is 0.0109. The smallest absolute Gasteiger partial charge is 0.262 e. The van der Waals surface area contributed by atoms with Crippen LogP contribution in [0.4, 0.5) is 0 Å². The van der Waals surface area contributed by atoms with Crippen LogP contribution in [-0.2, 0) is 6.54 Å². The lowest BCUT2D eigenvalue weighted by Gasteiger charge is -2.03. The average molecular weight is 367 g/mol. The van der Waals surface area contributed by atoms with Crippen molar-refractivity contribution in [1.29, 1.82) is 0 Å². The van der Waals surface area contributed by atoms with Gasteiger partial charge in [0.15, 0.2) is 0 Å². The first-order valence-corrected chi connectivity index (χ1v) is 9.69. The summed E-state index contributed by atoms with van der Waals surface area (Å²) in [5.41, 5.74) is 4.26. The van der Waals surface area contributed by atoms with E-state index in [4.69, 9.17) is 0 Å². The molecule has 0 saturated heterocycles. The summed E-state index contributed by atoms with van der Waals surface area (Å²) in [6, 6.07) is 8.32. The maximum atomic E-state index is 12.8. The molecule has 1 aromatic carbocycles. The van der Waals surface area contributed by atoms with Gasteiger partial charge in [-0.25, -0.2) is 9.97 Å². The molecule has 4 rings (SSSR count). The Morgan fingerprint density at radius 2 is 1.88 bits per heavy atom. The third-order valence-electron chi connectivity index (χ3n) is 4.34. The second kappa shape index (κ2) is 6.20. The summed E-state index contributed by atoms with van der Waals surface area (Å²) in [4.78, 5) is 23.9. The number of hydrogen-bond acceptors (Lipinski definition) is 5. The molecule has 25 heavy (non-hydrogen) atoms. The fraction of sp³-hybridized carbons (Fsp3) is 0.211. The summed E-state index contributed by atoms with van der Waals surface area (Å²) >= 11 is 3.17. The van der Waals surface area contributed by atoms with Gasteiger partial charge in [-0.3, -0.25) is 9.36 Å². The van der Waals surface area contributed by atoms with Gasteiger partial charge in [-0.2, -0.15) is 0 Å². The lowest BCUT2D eigenvalue weighted by Crippen LogP contribution is -2.21. The molecule has 0 bridgehead atoms. The van der Waals surface area contributed by atoms with Gasteiger partial charge in [-0.05, 0) is 26.3 Å². The van der Waals surface area contributed by atoms with Crippen LogP contribution in [0, 0.1) is 20.8 Å². The van der Waals surface area contributed by atoms with Crippen LogP contribution in [0.1, 0.15) is 21.7 Å². The van der Waals surface area contributed by atoms with Gasteiger partial charge < -0.3 is 0 Å². The summed E-state index contributed by atoms with van der Waals surface area (Å²) in [6.45, 7) is 6.53. The third-order valence-corrected chi connectivity index (χ3v) is 6.39. The van der Waals surface area contributed by atoms with E-state index < -0.39 is 0 Å². The van der Waals surface area contributed by atoms with Crippen molar-refractivity contribution in [3.63, 3.8) is 0 Å². The van der Waals surface area contributed by atoms with E-state index in [1.165, 1.54) is 5.56 Å². The van der Waals surface area contributed by atoms with Crippen LogP contribution >= 0.6 is 22.7 Å². The first kappa shape index (κ1) is 16.2. The van der Waals surface area contributed by atoms with E-state index in [1.54, 1.807) is 33.6 Å². The zero-order valence-corrected chi connectivity index (χ0v) is 15.9. The maximum Gasteiger partial charge on any atom is 0.262 e. The highest BCUT2D eigenvalue weighted by Gasteiger charge is 2.13. The largest absolute Gasteiger partial charge is 0.293 e. The standard InChI is InChI=1S/C19H17N3OS2/c1-11-4-6-14(7-5-11)17-21-15(9-24-17)8-22-10-20-18-16(19(22)23)12(2)13(3)25-18/h4-7,9-10H,8H2,1-3H3. The van der Waals surface area contributed by atoms with Crippen LogP contribution in [0.15, 0.2) is 40.8 Å². The Labute approximate surface area is 153 Å². The molecule has 4 aromatic rings. The molecule has 0 atom stereocenters. The molecule has 0 aliphatic carbocycles. The van der Waals surface area contributed by atoms with Crippen LogP contribution in [0.2, 0.25) is 0 Å². The number of fused-ring (bicyclic) bond motifs is 1. The lowest BCUT2D eigenvalue weighted by molar-refractivity contribution is 0.735. The summed E-state index contributed by atoms with van der Waals surface area (Å²) in [7, 11) is 0. The predicted molar refractivity (Wildman–Crippen MR) is 105 cm³/mol. The van der Waals surface area contributed by atoms with Crippen molar-refractivity contribution in [1.82, 2.24) is 14.5 Å². The van der Waals surface area contributed by atoms with E-state index in [0.717, 1.165) is 36.9 Å². The van der Waals surface area contributed by atoms with Gasteiger partial charge in [0.1, 0.15) is 9.84 Å². The van der Waals surface area contributed by atoms with Gasteiger partial charge in [-0.1, -0.05) is 29.8 Å². The maximum absolute atomic E-state index is 12.8. The molecule has 126 valence electrons. The zero-order chi connectivity index (χ0) is 17.6. The van der Waals surface area contributed by atoms with Gasteiger partial charge in [0.25, 0.3) is 5.56 Å². The van der Waals surface area contributed by atoms with Crippen LogP contribution in [-0.4, -0.2) is 14.5 Å². The number of benzene rings is 1. The van der Waals surface area contributed by atoms with Crippen molar-refractivity contribution in [2.75, 3.05) is 0 Å². The monoisotopic (exact) mass is 367 g/mol. The predicted octanol–water partition coefficient (Wildman–Crippen LogP) is 4.56. The van der Waals surface area contributed by atoms with E-state index in [1.807, 2.05) is 19.2 Å². The lowest BCUT2D eigenvalue weighted by atomic mass is 10.2. The Morgan fingerprint density at radius 3 is 2.64 bits per heavy atom. The summed E-state index contributed by atoms with van der Waals surface area (Å²) in [5.74, 6) is 0.